The van der Waals surface area contributed by atoms with Crippen molar-refractivity contribution in [3.63, 3.8) is 0 Å². The van der Waals surface area contributed by atoms with Crippen LogP contribution in [0.2, 0.25) is 0 Å². The molecule has 0 saturated carbocycles. The summed E-state index contributed by atoms with van der Waals surface area (Å²) in [6.07, 6.45) is 4.48. The number of ether oxygens (including phenoxy) is 4. The van der Waals surface area contributed by atoms with Crippen LogP contribution >= 0.6 is 0 Å². The summed E-state index contributed by atoms with van der Waals surface area (Å²) in [6, 6.07) is 52.9. The second kappa shape index (κ2) is 25.2. The van der Waals surface area contributed by atoms with Gasteiger partial charge in [-0.15, -0.1) is 0 Å². The first kappa shape index (κ1) is 69.4. The van der Waals surface area contributed by atoms with E-state index in [-0.39, 0.29) is 78.7 Å². The first-order valence-corrected chi connectivity index (χ1v) is 35.3. The molecule has 14 rings (SSSR count). The molecule has 2 saturated heterocycles. The Morgan fingerprint density at radius 2 is 0.505 bits per heavy atom. The SMILES string of the molecule is CC(C)(C)c1ccc(C2=C(c3ccc(C(C)(C)C)cc3)c3nc2nc2[n-]c(nc4nc(nc5[n-]c(n3)c(-c3ccc(C(C)(C)C)cc3)c5-c3ccc(C(C)(C)C)cc3)C3=C4O[C@]4(CCCCO4)[C@@]4(CCCCO4)O3)c(-c3ccc(C(C)(C)C)cc3)c2-c2ccc(C(C)(C)C)cc2)cc1.[Mg+2]. The average molecular weight is 1330 g/mol. The first-order chi connectivity index (χ1) is 46.2. The van der Waals surface area contributed by atoms with E-state index in [2.05, 4.69) is 270 Å². The van der Waals surface area contributed by atoms with E-state index in [0.717, 1.165) is 92.5 Å². The van der Waals surface area contributed by atoms with Gasteiger partial charge in [-0.3, -0.25) is 0 Å². The maximum Gasteiger partial charge on any atom is 2.00 e. The van der Waals surface area contributed by atoms with Gasteiger partial charge in [0.1, 0.15) is 11.6 Å². The zero-order valence-corrected chi connectivity index (χ0v) is 62.8. The molecule has 6 aromatic carbocycles. The largest absolute Gasteiger partial charge is 2.00 e. The Hall–Kier alpha value is -8.07. The molecule has 3 aromatic heterocycles. The van der Waals surface area contributed by atoms with E-state index in [0.29, 0.717) is 60.3 Å². The van der Waals surface area contributed by atoms with Crippen LogP contribution in [0.25, 0.3) is 89.8 Å². The third-order valence-electron chi connectivity index (χ3n) is 20.2. The van der Waals surface area contributed by atoms with Crippen molar-refractivity contribution in [2.75, 3.05) is 13.2 Å². The predicted molar refractivity (Wildman–Crippen MR) is 402 cm³/mol. The molecular weight excluding hydrogens is 1230 g/mol. The minimum Gasteiger partial charge on any atom is -0.449 e. The molecule has 0 aliphatic carbocycles. The van der Waals surface area contributed by atoms with E-state index in [1.807, 2.05) is 0 Å². The van der Waals surface area contributed by atoms with Crippen molar-refractivity contribution in [1.29, 1.82) is 0 Å². The second-order valence-corrected chi connectivity index (χ2v) is 33.7. The van der Waals surface area contributed by atoms with Crippen LogP contribution in [0, 0.1) is 0 Å². The molecule has 8 bridgehead atoms. The third kappa shape index (κ3) is 13.0. The number of benzene rings is 6. The standard InChI is InChI=1S/C86H94N8O4.Mg/c1-79(2,3)57-35-23-51(24-36-57)63-64(52-25-37-58(38-26-52)80(4,5)6)72-87-71(63)88-73-65(53-27-39-59(40-28-53)81(7,8)9)67(55-31-43-61(44-32-55)83(13,14)15)75(90-73)92-77-69-70(98-86(48-20-22-50-96-86)85(97-69)47-19-21-49-95-85)78(94-77)93-76-68(56-33-45-62(46-34-56)84(16,17)18)66(74(89-72)91-76)54-29-41-60(42-30-54)82(10,11)12;/h23-46H,19-22,47-50H2,1-18H3;/q-2;+2/t85-,86-;/m1./s1. The van der Waals surface area contributed by atoms with Gasteiger partial charge in [-0.05, 0) is 125 Å². The summed E-state index contributed by atoms with van der Waals surface area (Å²) in [4.78, 5) is 45.8. The second-order valence-electron chi connectivity index (χ2n) is 33.7. The molecule has 5 aliphatic rings. The van der Waals surface area contributed by atoms with Gasteiger partial charge < -0.3 is 48.9 Å². The van der Waals surface area contributed by atoms with Crippen molar-refractivity contribution in [2.45, 2.75) is 207 Å². The molecule has 0 amide bonds. The van der Waals surface area contributed by atoms with Crippen molar-refractivity contribution in [3.8, 4) is 44.5 Å². The minimum atomic E-state index is -1.31. The first-order valence-electron chi connectivity index (χ1n) is 35.3. The maximum absolute atomic E-state index is 7.52. The van der Waals surface area contributed by atoms with Gasteiger partial charge in [-0.1, -0.05) is 270 Å². The zero-order chi connectivity index (χ0) is 69.3. The van der Waals surface area contributed by atoms with Crippen molar-refractivity contribution < 1.29 is 18.9 Å². The van der Waals surface area contributed by atoms with Crippen molar-refractivity contribution >= 4 is 68.3 Å². The molecular formula is C86H94MgN8O4. The summed E-state index contributed by atoms with van der Waals surface area (Å²) in [5.74, 6) is -0.748. The van der Waals surface area contributed by atoms with Gasteiger partial charge >= 0.3 is 23.1 Å². The quantitative estimate of drug-likeness (QED) is 0.146. The molecule has 9 aromatic rings. The fourth-order valence-electron chi connectivity index (χ4n) is 14.2. The molecule has 2 fully saturated rings. The van der Waals surface area contributed by atoms with E-state index in [1.165, 1.54) is 33.4 Å². The molecule has 12 nitrogen and oxygen atoms in total. The summed E-state index contributed by atoms with van der Waals surface area (Å²) in [7, 11) is 0. The number of hydrogen-bond acceptors (Lipinski definition) is 10. The van der Waals surface area contributed by atoms with Gasteiger partial charge in [0, 0.05) is 68.8 Å². The van der Waals surface area contributed by atoms with Crippen molar-refractivity contribution in [3.05, 3.63) is 213 Å². The van der Waals surface area contributed by atoms with Crippen LogP contribution < -0.4 is 9.97 Å². The van der Waals surface area contributed by atoms with Crippen LogP contribution in [0.4, 0.5) is 0 Å². The molecule has 0 unspecified atom stereocenters. The Morgan fingerprint density at radius 3 is 0.727 bits per heavy atom. The zero-order valence-electron chi connectivity index (χ0n) is 61.4. The van der Waals surface area contributed by atoms with Gasteiger partial charge in [-0.25, -0.2) is 9.97 Å². The van der Waals surface area contributed by atoms with E-state index in [9.17, 15) is 0 Å². The van der Waals surface area contributed by atoms with Gasteiger partial charge in [0.05, 0.1) is 24.9 Å². The Morgan fingerprint density at radius 1 is 0.283 bits per heavy atom. The van der Waals surface area contributed by atoms with E-state index < -0.39 is 11.6 Å². The summed E-state index contributed by atoms with van der Waals surface area (Å²) >= 11 is 0. The molecule has 2 atom stereocenters. The number of fused-ring (bicyclic) bond motifs is 11. The Bertz CT molecular complexity index is 4490. The summed E-state index contributed by atoms with van der Waals surface area (Å²) in [5, 5.41) is 0. The van der Waals surface area contributed by atoms with Crippen LogP contribution in [-0.4, -0.2) is 77.7 Å². The van der Waals surface area contributed by atoms with Crippen LogP contribution in [0.3, 0.4) is 0 Å². The Balaban J connectivity index is 0.00000880. The van der Waals surface area contributed by atoms with Crippen LogP contribution in [-0.2, 0) is 51.4 Å². The van der Waals surface area contributed by atoms with Gasteiger partial charge in [0.25, 0.3) is 11.6 Å². The van der Waals surface area contributed by atoms with Gasteiger partial charge in [-0.2, -0.15) is 0 Å². The summed E-state index contributed by atoms with van der Waals surface area (Å²) in [5.41, 5.74) is 18.1. The molecule has 0 N–H and O–H groups in total. The maximum atomic E-state index is 7.52. The number of rotatable bonds is 6. The molecule has 13 heteroatoms. The van der Waals surface area contributed by atoms with Crippen LogP contribution in [0.15, 0.2) is 146 Å². The van der Waals surface area contributed by atoms with Crippen LogP contribution in [0.1, 0.15) is 231 Å². The van der Waals surface area contributed by atoms with E-state index in [1.54, 1.807) is 0 Å². The van der Waals surface area contributed by atoms with Crippen molar-refractivity contribution in [2.24, 2.45) is 0 Å². The molecule has 99 heavy (non-hydrogen) atoms. The fourth-order valence-corrected chi connectivity index (χ4v) is 14.2. The summed E-state index contributed by atoms with van der Waals surface area (Å²) in [6.45, 7) is 41.3. The predicted octanol–water partition coefficient (Wildman–Crippen LogP) is 19.9. The summed E-state index contributed by atoms with van der Waals surface area (Å²) < 4.78 is 28.9. The van der Waals surface area contributed by atoms with Crippen LogP contribution in [0.5, 0.6) is 0 Å². The smallest absolute Gasteiger partial charge is 0.449 e. The molecule has 2 spiro atoms. The monoisotopic (exact) mass is 1330 g/mol. The van der Waals surface area contributed by atoms with E-state index >= 15 is 0 Å². The molecule has 8 heterocycles. The molecule has 5 aliphatic heterocycles. The third-order valence-corrected chi connectivity index (χ3v) is 20.2. The van der Waals surface area contributed by atoms with Gasteiger partial charge in [0.15, 0.2) is 11.5 Å². The number of aromatic nitrogens is 8. The average Bonchev–Trinajstić information content (AvgIpc) is 1.70. The molecule has 0 radical (unpaired) electrons. The minimum absolute atomic E-state index is 0. The number of nitrogens with zero attached hydrogens (tertiary/aromatic N) is 8. The fraction of sp³-hybridized carbons (Fsp3) is 0.395. The van der Waals surface area contributed by atoms with Gasteiger partial charge in [0.2, 0.25) is 0 Å². The van der Waals surface area contributed by atoms with E-state index in [4.69, 9.17) is 58.8 Å². The Kier molecular flexibility index (Phi) is 17.7. The topological polar surface area (TPSA) is 142 Å². The number of hydrogen-bond donors (Lipinski definition) is 0. The van der Waals surface area contributed by atoms with Crippen molar-refractivity contribution in [1.82, 2.24) is 39.9 Å². The Labute approximate surface area is 601 Å². The normalized spacial score (nSPS) is 18.5. The molecule has 504 valence electrons.